The van der Waals surface area contributed by atoms with E-state index in [9.17, 15) is 9.59 Å². The minimum Gasteiger partial charge on any atom is -0.458 e. The maximum absolute atomic E-state index is 13.5. The van der Waals surface area contributed by atoms with Crippen molar-refractivity contribution in [2.24, 2.45) is 4.99 Å². The van der Waals surface area contributed by atoms with Gasteiger partial charge in [-0.15, -0.1) is 0 Å². The Bertz CT molecular complexity index is 1420. The predicted molar refractivity (Wildman–Crippen MR) is 128 cm³/mol. The molecule has 0 N–H and O–H groups in total. The highest BCUT2D eigenvalue weighted by Crippen LogP contribution is 2.30. The van der Waals surface area contributed by atoms with Gasteiger partial charge in [0.2, 0.25) is 0 Å². The molecule has 1 unspecified atom stereocenters. The smallest absolute Gasteiger partial charge is 0.338 e. The van der Waals surface area contributed by atoms with Crippen LogP contribution < -0.4 is 14.9 Å². The predicted octanol–water partition coefficient (Wildman–Crippen LogP) is 4.27. The van der Waals surface area contributed by atoms with Gasteiger partial charge in [0.05, 0.1) is 21.8 Å². The number of nitrogens with zero attached hydrogens (tertiary/aromatic N) is 2. The van der Waals surface area contributed by atoms with Crippen LogP contribution in [0.1, 0.15) is 24.1 Å². The molecule has 3 aromatic rings. The molecule has 1 atom stereocenters. The maximum atomic E-state index is 13.5. The molecule has 32 heavy (non-hydrogen) atoms. The fourth-order valence-corrected chi connectivity index (χ4v) is 5.01. The number of carbonyl (C=O) groups is 1. The molecule has 0 spiro atoms. The Morgan fingerprint density at radius 1 is 1.25 bits per heavy atom. The molecule has 0 aliphatic carbocycles. The van der Waals surface area contributed by atoms with E-state index in [0.717, 1.165) is 5.56 Å². The minimum atomic E-state index is -0.660. The zero-order chi connectivity index (χ0) is 22.8. The van der Waals surface area contributed by atoms with Gasteiger partial charge in [0.15, 0.2) is 4.80 Å². The van der Waals surface area contributed by atoms with Gasteiger partial charge in [0, 0.05) is 10.0 Å². The second-order valence-electron chi connectivity index (χ2n) is 7.05. The number of ether oxygens (including phenoxy) is 1. The largest absolute Gasteiger partial charge is 0.458 e. The molecule has 8 heteroatoms. The molecule has 0 radical (unpaired) electrons. The van der Waals surface area contributed by atoms with Crippen LogP contribution in [-0.4, -0.2) is 17.1 Å². The van der Waals surface area contributed by atoms with Crippen LogP contribution in [0.5, 0.6) is 0 Å². The number of thiazole rings is 1. The van der Waals surface area contributed by atoms with Gasteiger partial charge in [0.25, 0.3) is 5.56 Å². The summed E-state index contributed by atoms with van der Waals surface area (Å²) in [5.74, 6) is -0.532. The molecule has 5 nitrogen and oxygen atoms in total. The number of hydrogen-bond acceptors (Lipinski definition) is 5. The van der Waals surface area contributed by atoms with E-state index in [0.29, 0.717) is 36.2 Å². The lowest BCUT2D eigenvalue weighted by molar-refractivity contribution is -0.138. The highest BCUT2D eigenvalue weighted by atomic mass is 35.5. The third kappa shape index (κ3) is 4.21. The summed E-state index contributed by atoms with van der Waals surface area (Å²) in [5, 5.41) is 0.948. The summed E-state index contributed by atoms with van der Waals surface area (Å²) >= 11 is 13.5. The monoisotopic (exact) mass is 484 g/mol. The highest BCUT2D eigenvalue weighted by Gasteiger charge is 2.33. The SMILES string of the molecule is C=CCOC(=O)C1=C(C)N=c2sc(=Cc3ccc(Cl)cc3Cl)c(=O)n2C1c1ccccc1. The van der Waals surface area contributed by atoms with Crippen LogP contribution in [0.3, 0.4) is 0 Å². The average molecular weight is 485 g/mol. The van der Waals surface area contributed by atoms with E-state index in [4.69, 9.17) is 27.9 Å². The van der Waals surface area contributed by atoms with Crippen molar-refractivity contribution in [1.82, 2.24) is 4.57 Å². The molecule has 1 aromatic heterocycles. The first-order chi connectivity index (χ1) is 15.4. The maximum Gasteiger partial charge on any atom is 0.338 e. The van der Waals surface area contributed by atoms with Crippen LogP contribution in [0.25, 0.3) is 6.08 Å². The van der Waals surface area contributed by atoms with Crippen molar-refractivity contribution in [2.75, 3.05) is 6.61 Å². The molecule has 2 heterocycles. The van der Waals surface area contributed by atoms with E-state index in [1.165, 1.54) is 22.0 Å². The molecular weight excluding hydrogens is 467 g/mol. The van der Waals surface area contributed by atoms with Gasteiger partial charge >= 0.3 is 5.97 Å². The lowest BCUT2D eigenvalue weighted by Crippen LogP contribution is -2.39. The summed E-state index contributed by atoms with van der Waals surface area (Å²) in [6.07, 6.45) is 3.20. The van der Waals surface area contributed by atoms with Gasteiger partial charge in [-0.1, -0.05) is 83.6 Å². The summed E-state index contributed by atoms with van der Waals surface area (Å²) in [4.78, 5) is 31.5. The molecule has 4 rings (SSSR count). The number of hydrogen-bond donors (Lipinski definition) is 0. The lowest BCUT2D eigenvalue weighted by atomic mass is 9.96. The minimum absolute atomic E-state index is 0.0661. The first-order valence-corrected chi connectivity index (χ1v) is 11.3. The molecule has 0 fully saturated rings. The third-order valence-corrected chi connectivity index (χ3v) is 6.48. The second-order valence-corrected chi connectivity index (χ2v) is 8.90. The van der Waals surface area contributed by atoms with Crippen molar-refractivity contribution < 1.29 is 9.53 Å². The summed E-state index contributed by atoms with van der Waals surface area (Å²) in [6, 6.07) is 13.8. The highest BCUT2D eigenvalue weighted by molar-refractivity contribution is 7.07. The van der Waals surface area contributed by atoms with Crippen LogP contribution in [0.15, 0.2) is 82.2 Å². The fourth-order valence-electron chi connectivity index (χ4n) is 3.51. The quantitative estimate of drug-likeness (QED) is 0.401. The zero-order valence-electron chi connectivity index (χ0n) is 17.0. The number of allylic oxidation sites excluding steroid dienone is 1. The Labute approximate surface area is 198 Å². The molecule has 0 bridgehead atoms. The summed E-state index contributed by atoms with van der Waals surface area (Å²) in [6.45, 7) is 5.40. The Kier molecular flexibility index (Phi) is 6.46. The van der Waals surface area contributed by atoms with E-state index >= 15 is 0 Å². The molecule has 1 aliphatic heterocycles. The molecule has 2 aromatic carbocycles. The normalized spacial score (nSPS) is 15.8. The molecule has 1 aliphatic rings. The van der Waals surface area contributed by atoms with E-state index < -0.39 is 12.0 Å². The van der Waals surface area contributed by atoms with Crippen LogP contribution in [0.4, 0.5) is 0 Å². The number of benzene rings is 2. The van der Waals surface area contributed by atoms with E-state index in [1.807, 2.05) is 30.3 Å². The third-order valence-electron chi connectivity index (χ3n) is 4.94. The van der Waals surface area contributed by atoms with Crippen molar-refractivity contribution in [2.45, 2.75) is 13.0 Å². The van der Waals surface area contributed by atoms with Crippen molar-refractivity contribution in [3.63, 3.8) is 0 Å². The van der Waals surface area contributed by atoms with Crippen molar-refractivity contribution >= 4 is 46.6 Å². The fraction of sp³-hybridized carbons (Fsp3) is 0.125. The van der Waals surface area contributed by atoms with Crippen molar-refractivity contribution in [3.05, 3.63) is 113 Å². The molecular formula is C24H18Cl2N2O3S. The first kappa shape index (κ1) is 22.3. The van der Waals surface area contributed by atoms with E-state index in [-0.39, 0.29) is 12.2 Å². The molecule has 0 saturated heterocycles. The van der Waals surface area contributed by atoms with Crippen molar-refractivity contribution in [3.8, 4) is 0 Å². The number of fused-ring (bicyclic) bond motifs is 1. The van der Waals surface area contributed by atoms with Gasteiger partial charge in [0.1, 0.15) is 6.61 Å². The van der Waals surface area contributed by atoms with Gasteiger partial charge in [-0.3, -0.25) is 9.36 Å². The zero-order valence-corrected chi connectivity index (χ0v) is 19.4. The number of esters is 1. The summed E-state index contributed by atoms with van der Waals surface area (Å²) < 4.78 is 7.29. The van der Waals surface area contributed by atoms with Gasteiger partial charge in [-0.25, -0.2) is 9.79 Å². The number of rotatable bonds is 5. The number of halogens is 2. The Morgan fingerprint density at radius 3 is 2.69 bits per heavy atom. The van der Waals surface area contributed by atoms with Crippen LogP contribution in [0, 0.1) is 0 Å². The average Bonchev–Trinajstić information content (AvgIpc) is 3.08. The number of aromatic nitrogens is 1. The lowest BCUT2D eigenvalue weighted by Gasteiger charge is -2.24. The van der Waals surface area contributed by atoms with Gasteiger partial charge < -0.3 is 4.74 Å². The van der Waals surface area contributed by atoms with Crippen LogP contribution in [-0.2, 0) is 9.53 Å². The topological polar surface area (TPSA) is 60.7 Å². The Balaban J connectivity index is 1.94. The summed E-state index contributed by atoms with van der Waals surface area (Å²) in [7, 11) is 0. The van der Waals surface area contributed by atoms with Crippen LogP contribution in [0.2, 0.25) is 10.0 Å². The van der Waals surface area contributed by atoms with Crippen molar-refractivity contribution in [1.29, 1.82) is 0 Å². The molecule has 0 saturated carbocycles. The first-order valence-electron chi connectivity index (χ1n) is 9.71. The van der Waals surface area contributed by atoms with E-state index in [2.05, 4.69) is 11.6 Å². The molecule has 162 valence electrons. The standard InChI is InChI=1S/C24H18Cl2N2O3S/c1-3-11-31-23(30)20-14(2)27-24-28(21(20)15-7-5-4-6-8-15)22(29)19(32-24)12-16-9-10-17(25)13-18(16)26/h3-10,12-13,21H,1,11H2,2H3. The summed E-state index contributed by atoms with van der Waals surface area (Å²) in [5.41, 5.74) is 2.00. The van der Waals surface area contributed by atoms with Gasteiger partial charge in [-0.05, 0) is 36.3 Å². The Morgan fingerprint density at radius 2 is 2.00 bits per heavy atom. The molecule has 0 amide bonds. The second kappa shape index (κ2) is 9.28. The number of carbonyl (C=O) groups excluding carboxylic acids is 1. The Hall–Kier alpha value is -2.93. The van der Waals surface area contributed by atoms with E-state index in [1.54, 1.807) is 31.2 Å². The van der Waals surface area contributed by atoms with Crippen LogP contribution >= 0.6 is 34.5 Å². The van der Waals surface area contributed by atoms with Gasteiger partial charge in [-0.2, -0.15) is 0 Å².